The zero-order valence-corrected chi connectivity index (χ0v) is 28.4. The average molecular weight is 645 g/mol. The molecule has 5 amide bonds. The third-order valence-electron chi connectivity index (χ3n) is 8.87. The Morgan fingerprint density at radius 2 is 1.80 bits per heavy atom. The van der Waals surface area contributed by atoms with E-state index < -0.39 is 59.1 Å². The van der Waals surface area contributed by atoms with Gasteiger partial charge < -0.3 is 26.2 Å². The molecule has 45 heavy (non-hydrogen) atoms. The minimum absolute atomic E-state index is 0.0594. The molecule has 0 spiro atoms. The molecular weight excluding hydrogens is 596 g/mol. The van der Waals surface area contributed by atoms with Gasteiger partial charge in [-0.1, -0.05) is 67.9 Å². The number of carbonyl (C=O) groups is 6. The standard InChI is InChI=1S/C32H48N6O6S/c1-10-12-19(23(39)27(42)33-13-11-2)35-26(41)22-20-18(32(20,8)9)16-38(22)29(43)25(31(5,6)7)37-30(44)36-21(17(3)4)24(40)28-34-14-15-45-28/h11,14-15,17-22,25H,2,10,12-13,16H2,1,3-9H3,(H,33,42)(H,35,41)(H2,36,37,44)/t18-,19?,20-,21-,22-,25+/m0/s1. The van der Waals surface area contributed by atoms with Crippen LogP contribution in [-0.2, 0) is 19.2 Å². The van der Waals surface area contributed by atoms with Crippen LogP contribution >= 0.6 is 11.3 Å². The molecule has 0 bridgehead atoms. The summed E-state index contributed by atoms with van der Waals surface area (Å²) in [5.41, 5.74) is -0.957. The van der Waals surface area contributed by atoms with E-state index in [1.165, 1.54) is 28.5 Å². The summed E-state index contributed by atoms with van der Waals surface area (Å²) in [6.45, 7) is 18.9. The van der Waals surface area contributed by atoms with Gasteiger partial charge in [0.15, 0.2) is 5.01 Å². The van der Waals surface area contributed by atoms with Crippen LogP contribution < -0.4 is 21.3 Å². The van der Waals surface area contributed by atoms with Crippen molar-refractivity contribution in [3.63, 3.8) is 0 Å². The number of fused-ring (bicyclic) bond motifs is 1. The highest BCUT2D eigenvalue weighted by Gasteiger charge is 2.70. The van der Waals surface area contributed by atoms with Crippen molar-refractivity contribution in [1.82, 2.24) is 31.2 Å². The first-order chi connectivity index (χ1) is 21.0. The van der Waals surface area contributed by atoms with Crippen molar-refractivity contribution in [2.45, 2.75) is 92.4 Å². The Kier molecular flexibility index (Phi) is 11.3. The first kappa shape index (κ1) is 35.9. The van der Waals surface area contributed by atoms with E-state index in [9.17, 15) is 28.8 Å². The van der Waals surface area contributed by atoms with Crippen LogP contribution in [0.4, 0.5) is 4.79 Å². The maximum absolute atomic E-state index is 14.2. The van der Waals surface area contributed by atoms with Crippen LogP contribution in [0, 0.1) is 28.6 Å². The normalized spacial score (nSPS) is 22.0. The lowest BCUT2D eigenvalue weighted by Gasteiger charge is -2.38. The van der Waals surface area contributed by atoms with Crippen LogP contribution in [-0.4, -0.2) is 82.5 Å². The smallest absolute Gasteiger partial charge is 0.316 e. The second kappa shape index (κ2) is 14.2. The van der Waals surface area contributed by atoms with E-state index in [-0.39, 0.29) is 46.9 Å². The highest BCUT2D eigenvalue weighted by Crippen LogP contribution is 2.65. The Morgan fingerprint density at radius 3 is 2.33 bits per heavy atom. The summed E-state index contributed by atoms with van der Waals surface area (Å²) in [5, 5.41) is 12.7. The van der Waals surface area contributed by atoms with Gasteiger partial charge in [0, 0.05) is 24.7 Å². The molecule has 6 atom stereocenters. The van der Waals surface area contributed by atoms with E-state index in [1.807, 2.05) is 55.4 Å². The molecule has 12 nitrogen and oxygen atoms in total. The second-order valence-electron chi connectivity index (χ2n) is 13.9. The van der Waals surface area contributed by atoms with Crippen molar-refractivity contribution in [2.24, 2.45) is 28.6 Å². The Labute approximate surface area is 269 Å². The number of rotatable bonds is 14. The fourth-order valence-corrected chi connectivity index (χ4v) is 6.80. The highest BCUT2D eigenvalue weighted by atomic mass is 32.1. The predicted molar refractivity (Wildman–Crippen MR) is 171 cm³/mol. The lowest BCUT2D eigenvalue weighted by atomic mass is 9.85. The molecule has 13 heteroatoms. The van der Waals surface area contributed by atoms with Gasteiger partial charge in [-0.3, -0.25) is 24.0 Å². The second-order valence-corrected chi connectivity index (χ2v) is 14.8. The van der Waals surface area contributed by atoms with Crippen LogP contribution in [0.5, 0.6) is 0 Å². The lowest BCUT2D eigenvalue weighted by molar-refractivity contribution is -0.145. The molecule has 3 rings (SSSR count). The summed E-state index contributed by atoms with van der Waals surface area (Å²) in [5.74, 6) is -3.16. The van der Waals surface area contributed by atoms with Crippen molar-refractivity contribution < 1.29 is 28.8 Å². The van der Waals surface area contributed by atoms with E-state index >= 15 is 0 Å². The molecule has 1 aromatic heterocycles. The molecule has 2 heterocycles. The van der Waals surface area contributed by atoms with E-state index in [0.29, 0.717) is 13.0 Å². The van der Waals surface area contributed by atoms with Crippen molar-refractivity contribution in [3.05, 3.63) is 29.2 Å². The number of piperidine rings is 1. The summed E-state index contributed by atoms with van der Waals surface area (Å²) >= 11 is 1.19. The number of Topliss-reactive ketones (excluding diaryl/α,β-unsaturated/α-hetero) is 2. The van der Waals surface area contributed by atoms with Gasteiger partial charge in [0.1, 0.15) is 12.1 Å². The van der Waals surface area contributed by atoms with Crippen LogP contribution in [0.25, 0.3) is 0 Å². The number of likely N-dealkylation sites (tertiary alicyclic amines) is 1. The Hall–Kier alpha value is -3.61. The molecule has 2 fully saturated rings. The van der Waals surface area contributed by atoms with Gasteiger partial charge in [-0.2, -0.15) is 0 Å². The molecule has 248 valence electrons. The number of aromatic nitrogens is 1. The topological polar surface area (TPSA) is 167 Å². The van der Waals surface area contributed by atoms with E-state index in [1.54, 1.807) is 5.38 Å². The Balaban J connectivity index is 1.82. The van der Waals surface area contributed by atoms with E-state index in [4.69, 9.17) is 0 Å². The number of hydrogen-bond acceptors (Lipinski definition) is 8. The maximum atomic E-state index is 14.2. The zero-order valence-electron chi connectivity index (χ0n) is 27.6. The zero-order chi connectivity index (χ0) is 33.9. The predicted octanol–water partition coefficient (Wildman–Crippen LogP) is 2.70. The van der Waals surface area contributed by atoms with Gasteiger partial charge in [-0.05, 0) is 35.0 Å². The fourth-order valence-electron chi connectivity index (χ4n) is 6.18. The average Bonchev–Trinajstić information content (AvgIpc) is 3.42. The molecule has 1 aliphatic heterocycles. The van der Waals surface area contributed by atoms with Crippen LogP contribution in [0.2, 0.25) is 0 Å². The summed E-state index contributed by atoms with van der Waals surface area (Å²) in [6, 6.07) is -4.51. The third kappa shape index (κ3) is 7.98. The van der Waals surface area contributed by atoms with Crippen LogP contribution in [0.3, 0.4) is 0 Å². The minimum atomic E-state index is -1.05. The van der Waals surface area contributed by atoms with Crippen molar-refractivity contribution in [3.8, 4) is 0 Å². The van der Waals surface area contributed by atoms with Gasteiger partial charge in [-0.15, -0.1) is 17.9 Å². The first-order valence-corrected chi connectivity index (χ1v) is 16.4. The van der Waals surface area contributed by atoms with Gasteiger partial charge in [0.25, 0.3) is 5.91 Å². The lowest BCUT2D eigenvalue weighted by Crippen LogP contribution is -2.62. The van der Waals surface area contributed by atoms with E-state index in [2.05, 4.69) is 32.8 Å². The Bertz CT molecular complexity index is 1300. The maximum Gasteiger partial charge on any atom is 0.316 e. The third-order valence-corrected chi connectivity index (χ3v) is 9.66. The van der Waals surface area contributed by atoms with Gasteiger partial charge in [-0.25, -0.2) is 9.78 Å². The summed E-state index contributed by atoms with van der Waals surface area (Å²) in [4.78, 5) is 85.3. The molecule has 0 radical (unpaired) electrons. The van der Waals surface area contributed by atoms with Crippen molar-refractivity contribution in [2.75, 3.05) is 13.1 Å². The molecule has 1 aromatic rings. The van der Waals surface area contributed by atoms with Crippen LogP contribution in [0.1, 0.15) is 78.0 Å². The summed E-state index contributed by atoms with van der Waals surface area (Å²) in [6.07, 6.45) is 3.78. The Morgan fingerprint density at radius 1 is 1.13 bits per heavy atom. The van der Waals surface area contributed by atoms with Crippen molar-refractivity contribution >= 4 is 46.7 Å². The SMILES string of the molecule is C=CCNC(=O)C(=O)C(CCC)NC(=O)[C@@H]1[C@@H]2[C@H](CN1C(=O)[C@@H](NC(=O)N[C@H](C(=O)c1nccs1)C(C)C)C(C)(C)C)C2(C)C. The highest BCUT2D eigenvalue weighted by molar-refractivity contribution is 7.11. The number of thiazole rings is 1. The number of amides is 5. The largest absolute Gasteiger partial charge is 0.346 e. The molecule has 1 unspecified atom stereocenters. The molecule has 1 aliphatic carbocycles. The molecule has 4 N–H and O–H groups in total. The monoisotopic (exact) mass is 644 g/mol. The van der Waals surface area contributed by atoms with Gasteiger partial charge in [0.05, 0.1) is 12.1 Å². The molecule has 1 saturated heterocycles. The number of nitrogens with one attached hydrogen (secondary N) is 4. The summed E-state index contributed by atoms with van der Waals surface area (Å²) < 4.78 is 0. The molecule has 1 saturated carbocycles. The molecule has 0 aromatic carbocycles. The number of urea groups is 1. The van der Waals surface area contributed by atoms with E-state index in [0.717, 1.165) is 0 Å². The van der Waals surface area contributed by atoms with Crippen molar-refractivity contribution in [1.29, 1.82) is 0 Å². The number of hydrogen-bond donors (Lipinski definition) is 4. The minimum Gasteiger partial charge on any atom is -0.346 e. The van der Waals surface area contributed by atoms with Gasteiger partial charge in [0.2, 0.25) is 23.4 Å². The number of nitrogens with zero attached hydrogens (tertiary/aromatic N) is 2. The number of carbonyl (C=O) groups excluding carboxylic acids is 6. The fraction of sp³-hybridized carbons (Fsp3) is 0.656. The first-order valence-electron chi connectivity index (χ1n) is 15.5. The molecular formula is C32H48N6O6S. The quantitative estimate of drug-likeness (QED) is 0.137. The summed E-state index contributed by atoms with van der Waals surface area (Å²) in [7, 11) is 0. The molecule has 2 aliphatic rings. The van der Waals surface area contributed by atoms with Gasteiger partial charge >= 0.3 is 6.03 Å². The van der Waals surface area contributed by atoms with Crippen LogP contribution in [0.15, 0.2) is 24.2 Å². The number of ketones is 2.